The van der Waals surface area contributed by atoms with E-state index in [-0.39, 0.29) is 10.3 Å². The van der Waals surface area contributed by atoms with Crippen LogP contribution in [0.4, 0.5) is 4.39 Å². The minimum atomic E-state index is -0.404. The lowest BCUT2D eigenvalue weighted by Gasteiger charge is -2.03. The molecule has 0 saturated heterocycles. The van der Waals surface area contributed by atoms with E-state index in [0.717, 1.165) is 5.56 Å². The molecule has 0 fully saturated rings. The third-order valence-electron chi connectivity index (χ3n) is 2.10. The molecule has 0 atom stereocenters. The Morgan fingerprint density at radius 2 is 1.81 bits per heavy atom. The molecule has 2 nitrogen and oxygen atoms in total. The van der Waals surface area contributed by atoms with Crippen LogP contribution in [0.2, 0.25) is 10.3 Å². The van der Waals surface area contributed by atoms with Crippen LogP contribution in [0.1, 0.15) is 11.1 Å². The van der Waals surface area contributed by atoms with Gasteiger partial charge in [0, 0.05) is 18.8 Å². The number of aromatic nitrogens is 2. The zero-order valence-electron chi connectivity index (χ0n) is 8.12. The van der Waals surface area contributed by atoms with Crippen molar-refractivity contribution < 1.29 is 4.39 Å². The fourth-order valence-electron chi connectivity index (χ4n) is 1.34. The maximum atomic E-state index is 13.6. The maximum absolute atomic E-state index is 13.6. The zero-order valence-corrected chi connectivity index (χ0v) is 9.63. The van der Waals surface area contributed by atoms with E-state index >= 15 is 0 Å². The molecule has 0 aliphatic heterocycles. The smallest absolute Gasteiger partial charge is 0.222 e. The quantitative estimate of drug-likeness (QED) is 0.769. The number of rotatable bonds is 2. The monoisotopic (exact) mass is 256 g/mol. The highest BCUT2D eigenvalue weighted by molar-refractivity contribution is 6.30. The standard InChI is InChI=1S/C11H7Cl2FN2/c12-9-3-1-2-8(10(9)14)4-7-5-15-11(13)16-6-7/h1-3,5-6H,4H2. The fourth-order valence-corrected chi connectivity index (χ4v) is 1.63. The third kappa shape index (κ3) is 2.49. The van der Waals surface area contributed by atoms with E-state index in [4.69, 9.17) is 23.2 Å². The SMILES string of the molecule is Fc1c(Cl)cccc1Cc1cnc(Cl)nc1. The van der Waals surface area contributed by atoms with E-state index in [1.807, 2.05) is 0 Å². The molecule has 1 aromatic heterocycles. The van der Waals surface area contributed by atoms with Crippen molar-refractivity contribution in [2.45, 2.75) is 6.42 Å². The Balaban J connectivity index is 2.27. The largest absolute Gasteiger partial charge is 0.226 e. The highest BCUT2D eigenvalue weighted by Gasteiger charge is 2.07. The van der Waals surface area contributed by atoms with E-state index in [0.29, 0.717) is 12.0 Å². The number of hydrogen-bond donors (Lipinski definition) is 0. The molecule has 5 heteroatoms. The molecule has 0 aliphatic carbocycles. The van der Waals surface area contributed by atoms with Gasteiger partial charge in [-0.05, 0) is 28.8 Å². The van der Waals surface area contributed by atoms with E-state index < -0.39 is 5.82 Å². The predicted molar refractivity (Wildman–Crippen MR) is 61.3 cm³/mol. The van der Waals surface area contributed by atoms with E-state index in [1.54, 1.807) is 24.5 Å². The van der Waals surface area contributed by atoms with Crippen molar-refractivity contribution in [2.75, 3.05) is 0 Å². The third-order valence-corrected chi connectivity index (χ3v) is 2.59. The van der Waals surface area contributed by atoms with Crippen molar-refractivity contribution in [1.82, 2.24) is 9.97 Å². The van der Waals surface area contributed by atoms with Crippen LogP contribution in [-0.4, -0.2) is 9.97 Å². The van der Waals surface area contributed by atoms with Gasteiger partial charge in [0.25, 0.3) is 0 Å². The summed E-state index contributed by atoms with van der Waals surface area (Å²) in [4.78, 5) is 7.65. The molecule has 16 heavy (non-hydrogen) atoms. The Hall–Kier alpha value is -1.19. The molecule has 1 heterocycles. The van der Waals surface area contributed by atoms with Gasteiger partial charge in [0.1, 0.15) is 5.82 Å². The zero-order chi connectivity index (χ0) is 11.5. The fraction of sp³-hybridized carbons (Fsp3) is 0.0909. The molecule has 0 unspecified atom stereocenters. The first-order chi connectivity index (χ1) is 7.66. The number of halogens is 3. The van der Waals surface area contributed by atoms with Crippen LogP contribution < -0.4 is 0 Å². The maximum Gasteiger partial charge on any atom is 0.222 e. The average molecular weight is 257 g/mol. The topological polar surface area (TPSA) is 25.8 Å². The van der Waals surface area contributed by atoms with Crippen molar-refractivity contribution >= 4 is 23.2 Å². The van der Waals surface area contributed by atoms with Crippen LogP contribution in [0.5, 0.6) is 0 Å². The Bertz CT molecular complexity index is 500. The molecule has 2 rings (SSSR count). The lowest BCUT2D eigenvalue weighted by atomic mass is 10.1. The van der Waals surface area contributed by atoms with Crippen LogP contribution in [-0.2, 0) is 6.42 Å². The van der Waals surface area contributed by atoms with Crippen LogP contribution >= 0.6 is 23.2 Å². The van der Waals surface area contributed by atoms with Crippen molar-refractivity contribution in [1.29, 1.82) is 0 Å². The van der Waals surface area contributed by atoms with Crippen molar-refractivity contribution in [3.63, 3.8) is 0 Å². The lowest BCUT2D eigenvalue weighted by Crippen LogP contribution is -1.95. The molecule has 0 aliphatic rings. The Kier molecular flexibility index (Phi) is 3.36. The number of benzene rings is 1. The van der Waals surface area contributed by atoms with Crippen molar-refractivity contribution in [3.05, 3.63) is 57.8 Å². The Morgan fingerprint density at radius 1 is 1.12 bits per heavy atom. The van der Waals surface area contributed by atoms with Gasteiger partial charge < -0.3 is 0 Å². The van der Waals surface area contributed by atoms with Crippen LogP contribution in [0.3, 0.4) is 0 Å². The van der Waals surface area contributed by atoms with Crippen LogP contribution in [0, 0.1) is 5.82 Å². The summed E-state index contributed by atoms with van der Waals surface area (Å²) in [6.45, 7) is 0. The first-order valence-corrected chi connectivity index (χ1v) is 5.31. The summed E-state index contributed by atoms with van der Waals surface area (Å²) >= 11 is 11.2. The first kappa shape index (κ1) is 11.3. The van der Waals surface area contributed by atoms with Crippen molar-refractivity contribution in [2.24, 2.45) is 0 Å². The second kappa shape index (κ2) is 4.76. The van der Waals surface area contributed by atoms with E-state index in [2.05, 4.69) is 9.97 Å². The molecule has 2 aromatic rings. The summed E-state index contributed by atoms with van der Waals surface area (Å²) in [5.41, 5.74) is 1.30. The van der Waals surface area contributed by atoms with E-state index in [9.17, 15) is 4.39 Å². The summed E-state index contributed by atoms with van der Waals surface area (Å²) in [5, 5.41) is 0.294. The molecule has 0 radical (unpaired) electrons. The molecule has 82 valence electrons. The summed E-state index contributed by atoms with van der Waals surface area (Å²) in [5.74, 6) is -0.404. The molecule has 0 N–H and O–H groups in total. The summed E-state index contributed by atoms with van der Waals surface area (Å²) in [6, 6.07) is 4.89. The van der Waals surface area contributed by atoms with Gasteiger partial charge in [-0.25, -0.2) is 14.4 Å². The first-order valence-electron chi connectivity index (χ1n) is 4.56. The van der Waals surface area contributed by atoms with Gasteiger partial charge in [-0.2, -0.15) is 0 Å². The van der Waals surface area contributed by atoms with Gasteiger partial charge in [-0.3, -0.25) is 0 Å². The van der Waals surface area contributed by atoms with Crippen LogP contribution in [0.25, 0.3) is 0 Å². The van der Waals surface area contributed by atoms with Gasteiger partial charge in [0.05, 0.1) is 5.02 Å². The second-order valence-corrected chi connectivity index (χ2v) is 4.00. The van der Waals surface area contributed by atoms with Gasteiger partial charge in [0.15, 0.2) is 0 Å². The molecule has 1 aromatic carbocycles. The lowest BCUT2D eigenvalue weighted by molar-refractivity contribution is 0.614. The second-order valence-electron chi connectivity index (χ2n) is 3.25. The molecule has 0 amide bonds. The summed E-state index contributed by atoms with van der Waals surface area (Å²) < 4.78 is 13.6. The number of nitrogens with zero attached hydrogens (tertiary/aromatic N) is 2. The molecule has 0 bridgehead atoms. The highest BCUT2D eigenvalue weighted by atomic mass is 35.5. The highest BCUT2D eigenvalue weighted by Crippen LogP contribution is 2.20. The summed E-state index contributed by atoms with van der Waals surface area (Å²) in [6.07, 6.45) is 3.52. The van der Waals surface area contributed by atoms with Gasteiger partial charge >= 0.3 is 0 Å². The minimum absolute atomic E-state index is 0.118. The van der Waals surface area contributed by atoms with Crippen LogP contribution in [0.15, 0.2) is 30.6 Å². The minimum Gasteiger partial charge on any atom is -0.226 e. The Morgan fingerprint density at radius 3 is 2.50 bits per heavy atom. The Labute approximate surface area is 102 Å². The molecular formula is C11H7Cl2FN2. The molecular weight excluding hydrogens is 250 g/mol. The molecule has 0 saturated carbocycles. The molecule has 0 spiro atoms. The number of hydrogen-bond acceptors (Lipinski definition) is 2. The van der Waals surface area contributed by atoms with Gasteiger partial charge in [-0.15, -0.1) is 0 Å². The average Bonchev–Trinajstić information content (AvgIpc) is 2.28. The van der Waals surface area contributed by atoms with E-state index in [1.165, 1.54) is 6.07 Å². The normalized spacial score (nSPS) is 10.4. The van der Waals surface area contributed by atoms with Gasteiger partial charge in [0.2, 0.25) is 5.28 Å². The van der Waals surface area contributed by atoms with Gasteiger partial charge in [-0.1, -0.05) is 23.7 Å². The summed E-state index contributed by atoms with van der Waals surface area (Å²) in [7, 11) is 0. The van der Waals surface area contributed by atoms with Crippen molar-refractivity contribution in [3.8, 4) is 0 Å². The predicted octanol–water partition coefficient (Wildman–Crippen LogP) is 3.51.